The van der Waals surface area contributed by atoms with Crippen molar-refractivity contribution in [3.63, 3.8) is 0 Å². The van der Waals surface area contributed by atoms with Crippen molar-refractivity contribution in [1.29, 1.82) is 0 Å². The van der Waals surface area contributed by atoms with Crippen molar-refractivity contribution in [3.8, 4) is 0 Å². The molecule has 2 aromatic rings. The van der Waals surface area contributed by atoms with Gasteiger partial charge < -0.3 is 0 Å². The zero-order valence-electron chi connectivity index (χ0n) is 10.6. The molecule has 2 aromatic heterocycles. The first kappa shape index (κ1) is 11.6. The quantitative estimate of drug-likeness (QED) is 0.726. The first-order chi connectivity index (χ1) is 8.30. The second-order valence-corrected chi connectivity index (χ2v) is 4.01. The minimum atomic E-state index is 1.02. The van der Waals surface area contributed by atoms with Crippen molar-refractivity contribution < 1.29 is 0 Å². The van der Waals surface area contributed by atoms with Crippen LogP contribution in [-0.2, 0) is 6.42 Å². The molecule has 0 aliphatic heterocycles. The number of nitrogens with zero attached hydrogens (tertiary/aromatic N) is 2. The van der Waals surface area contributed by atoms with Crippen molar-refractivity contribution in [2.45, 2.75) is 27.2 Å². The molecule has 17 heavy (non-hydrogen) atoms. The Balaban J connectivity index is 2.56. The van der Waals surface area contributed by atoms with E-state index in [4.69, 9.17) is 0 Å². The fraction of sp³-hybridized carbons (Fsp3) is 0.267. The lowest BCUT2D eigenvalue weighted by molar-refractivity contribution is 0.960. The second kappa shape index (κ2) is 5.00. The first-order valence-corrected chi connectivity index (χ1v) is 6.05. The molecule has 2 heterocycles. The van der Waals surface area contributed by atoms with Gasteiger partial charge >= 0.3 is 0 Å². The van der Waals surface area contributed by atoms with E-state index in [0.29, 0.717) is 0 Å². The standard InChI is InChI=1S/C15H18N2/c1-4-7-12(5-2)14-8-9-17-15(10-14)13(6-3)11-16-17/h4-5,7-11H,6H2,1-3H3/b7-4-,12-5+. The lowest BCUT2D eigenvalue weighted by Crippen LogP contribution is -1.89. The van der Waals surface area contributed by atoms with E-state index in [1.807, 2.05) is 23.8 Å². The van der Waals surface area contributed by atoms with Crippen LogP contribution in [0, 0.1) is 0 Å². The highest BCUT2D eigenvalue weighted by atomic mass is 15.2. The van der Waals surface area contributed by atoms with Crippen LogP contribution in [0.1, 0.15) is 31.9 Å². The number of aryl methyl sites for hydroxylation is 1. The molecule has 0 amide bonds. The number of rotatable bonds is 3. The number of hydrogen-bond donors (Lipinski definition) is 0. The fourth-order valence-corrected chi connectivity index (χ4v) is 2.02. The summed E-state index contributed by atoms with van der Waals surface area (Å²) in [5.41, 5.74) is 4.99. The van der Waals surface area contributed by atoms with Gasteiger partial charge in [0.15, 0.2) is 0 Å². The molecule has 2 rings (SSSR count). The normalized spacial score (nSPS) is 12.8. The van der Waals surface area contributed by atoms with E-state index in [1.165, 1.54) is 22.2 Å². The van der Waals surface area contributed by atoms with Gasteiger partial charge in [0.05, 0.1) is 11.7 Å². The van der Waals surface area contributed by atoms with Gasteiger partial charge in [-0.15, -0.1) is 0 Å². The van der Waals surface area contributed by atoms with Crippen LogP contribution in [0.15, 0.2) is 42.8 Å². The van der Waals surface area contributed by atoms with Gasteiger partial charge in [-0.2, -0.15) is 5.10 Å². The van der Waals surface area contributed by atoms with Gasteiger partial charge in [0.1, 0.15) is 0 Å². The highest BCUT2D eigenvalue weighted by Crippen LogP contribution is 2.20. The van der Waals surface area contributed by atoms with Gasteiger partial charge in [-0.1, -0.05) is 25.2 Å². The third kappa shape index (κ3) is 2.16. The van der Waals surface area contributed by atoms with E-state index >= 15 is 0 Å². The summed E-state index contributed by atoms with van der Waals surface area (Å²) in [4.78, 5) is 0. The average Bonchev–Trinajstić information content (AvgIpc) is 2.77. The van der Waals surface area contributed by atoms with Crippen molar-refractivity contribution in [2.24, 2.45) is 0 Å². The summed E-state index contributed by atoms with van der Waals surface area (Å²) >= 11 is 0. The summed E-state index contributed by atoms with van der Waals surface area (Å²) in [5.74, 6) is 0. The molecule has 0 atom stereocenters. The molecule has 0 bridgehead atoms. The van der Waals surface area contributed by atoms with Crippen molar-refractivity contribution in [3.05, 3.63) is 53.9 Å². The molecule has 0 aliphatic rings. The van der Waals surface area contributed by atoms with Crippen LogP contribution in [-0.4, -0.2) is 9.61 Å². The smallest absolute Gasteiger partial charge is 0.0699 e. The number of fused-ring (bicyclic) bond motifs is 1. The van der Waals surface area contributed by atoms with Crippen LogP contribution >= 0.6 is 0 Å². The Morgan fingerprint density at radius 3 is 2.88 bits per heavy atom. The molecule has 0 spiro atoms. The molecular weight excluding hydrogens is 208 g/mol. The Kier molecular flexibility index (Phi) is 3.43. The monoisotopic (exact) mass is 226 g/mol. The van der Waals surface area contributed by atoms with Crippen LogP contribution in [0.25, 0.3) is 11.1 Å². The van der Waals surface area contributed by atoms with Crippen molar-refractivity contribution in [1.82, 2.24) is 9.61 Å². The highest BCUT2D eigenvalue weighted by Gasteiger charge is 2.04. The summed E-state index contributed by atoms with van der Waals surface area (Å²) in [5, 5.41) is 4.34. The van der Waals surface area contributed by atoms with Gasteiger partial charge in [0.25, 0.3) is 0 Å². The molecule has 0 saturated heterocycles. The lowest BCUT2D eigenvalue weighted by atomic mass is 10.1. The van der Waals surface area contributed by atoms with E-state index in [9.17, 15) is 0 Å². The van der Waals surface area contributed by atoms with Crippen molar-refractivity contribution in [2.75, 3.05) is 0 Å². The Morgan fingerprint density at radius 2 is 2.24 bits per heavy atom. The van der Waals surface area contributed by atoms with Crippen LogP contribution in [0.2, 0.25) is 0 Å². The number of hydrogen-bond acceptors (Lipinski definition) is 1. The van der Waals surface area contributed by atoms with Gasteiger partial charge in [-0.3, -0.25) is 0 Å². The summed E-state index contributed by atoms with van der Waals surface area (Å²) < 4.78 is 1.94. The topological polar surface area (TPSA) is 17.3 Å². The molecule has 0 aliphatic carbocycles. The summed E-state index contributed by atoms with van der Waals surface area (Å²) in [6.07, 6.45) is 11.3. The van der Waals surface area contributed by atoms with Crippen LogP contribution < -0.4 is 0 Å². The third-order valence-electron chi connectivity index (χ3n) is 2.97. The minimum absolute atomic E-state index is 1.02. The maximum atomic E-state index is 4.34. The molecule has 0 aromatic carbocycles. The molecular formula is C15H18N2. The van der Waals surface area contributed by atoms with E-state index in [0.717, 1.165) is 6.42 Å². The largest absolute Gasteiger partial charge is 0.241 e. The molecule has 0 radical (unpaired) electrons. The summed E-state index contributed by atoms with van der Waals surface area (Å²) in [6, 6.07) is 4.32. The maximum absolute atomic E-state index is 4.34. The predicted octanol–water partition coefficient (Wildman–Crippen LogP) is 3.88. The number of aromatic nitrogens is 2. The van der Waals surface area contributed by atoms with E-state index < -0.39 is 0 Å². The number of pyridine rings is 1. The minimum Gasteiger partial charge on any atom is -0.241 e. The zero-order chi connectivity index (χ0) is 12.3. The SMILES string of the molecule is C/C=C\C(=C/C)c1ccn2ncc(CC)c2c1. The Hall–Kier alpha value is -1.83. The van der Waals surface area contributed by atoms with Crippen LogP contribution in [0.5, 0.6) is 0 Å². The van der Waals surface area contributed by atoms with Gasteiger partial charge in [-0.25, -0.2) is 4.52 Å². The summed E-state index contributed by atoms with van der Waals surface area (Å²) in [6.45, 7) is 6.27. The van der Waals surface area contributed by atoms with Gasteiger partial charge in [0, 0.05) is 6.20 Å². The maximum Gasteiger partial charge on any atom is 0.0699 e. The first-order valence-electron chi connectivity index (χ1n) is 6.05. The average molecular weight is 226 g/mol. The van der Waals surface area contributed by atoms with E-state index in [1.54, 1.807) is 0 Å². The van der Waals surface area contributed by atoms with E-state index in [-0.39, 0.29) is 0 Å². The van der Waals surface area contributed by atoms with Gasteiger partial charge in [0.2, 0.25) is 0 Å². The summed E-state index contributed by atoms with van der Waals surface area (Å²) in [7, 11) is 0. The Morgan fingerprint density at radius 1 is 1.41 bits per heavy atom. The molecule has 2 heteroatoms. The third-order valence-corrected chi connectivity index (χ3v) is 2.97. The Bertz CT molecular complexity index is 574. The second-order valence-electron chi connectivity index (χ2n) is 4.01. The predicted molar refractivity (Wildman–Crippen MR) is 73.0 cm³/mol. The fourth-order valence-electron chi connectivity index (χ4n) is 2.02. The van der Waals surface area contributed by atoms with E-state index in [2.05, 4.69) is 49.3 Å². The molecule has 0 unspecified atom stereocenters. The zero-order valence-corrected chi connectivity index (χ0v) is 10.6. The molecule has 0 N–H and O–H groups in total. The van der Waals surface area contributed by atoms with Crippen molar-refractivity contribution >= 4 is 11.1 Å². The molecule has 2 nitrogen and oxygen atoms in total. The molecule has 88 valence electrons. The van der Waals surface area contributed by atoms with Crippen LogP contribution in [0.4, 0.5) is 0 Å². The molecule has 0 saturated carbocycles. The molecule has 0 fully saturated rings. The lowest BCUT2D eigenvalue weighted by Gasteiger charge is -2.04. The highest BCUT2D eigenvalue weighted by molar-refractivity contribution is 5.76. The Labute approximate surface area is 102 Å². The number of allylic oxidation sites excluding steroid dienone is 4. The van der Waals surface area contributed by atoms with Crippen LogP contribution in [0.3, 0.4) is 0 Å². The van der Waals surface area contributed by atoms with Gasteiger partial charge in [-0.05, 0) is 49.1 Å².